The second-order valence-electron chi connectivity index (χ2n) is 2.60. The van der Waals surface area contributed by atoms with Gasteiger partial charge in [-0.1, -0.05) is 6.58 Å². The van der Waals surface area contributed by atoms with E-state index in [1.54, 1.807) is 0 Å². The van der Waals surface area contributed by atoms with Crippen LogP contribution in [0.1, 0.15) is 6.42 Å². The molecule has 11 heteroatoms. The van der Waals surface area contributed by atoms with Gasteiger partial charge in [0.25, 0.3) is 0 Å². The molecule has 0 saturated carbocycles. The average Bonchev–Trinajstić information content (AvgIpc) is 2.13. The van der Waals surface area contributed by atoms with Gasteiger partial charge in [-0.25, -0.2) is 8.78 Å². The smallest absolute Gasteiger partial charge is 0.210 e. The number of terminal acetylenes is 1. The summed E-state index contributed by atoms with van der Waals surface area (Å²) in [4.78, 5) is 0. The molecular formula is C9H7F11. The summed E-state index contributed by atoms with van der Waals surface area (Å²) in [6, 6.07) is 0. The third kappa shape index (κ3) is 43.9. The zero-order chi connectivity index (χ0) is 17.2. The Hall–Kier alpha value is -1.47. The van der Waals surface area contributed by atoms with E-state index in [2.05, 4.69) is 13.0 Å². The molecular weight excluding hydrogens is 317 g/mol. The molecule has 0 heterocycles. The van der Waals surface area contributed by atoms with Gasteiger partial charge < -0.3 is 0 Å². The first-order valence-corrected chi connectivity index (χ1v) is 4.13. The van der Waals surface area contributed by atoms with E-state index < -0.39 is 31.4 Å². The first-order chi connectivity index (χ1) is 8.54. The summed E-state index contributed by atoms with van der Waals surface area (Å²) < 4.78 is 118. The van der Waals surface area contributed by atoms with Gasteiger partial charge >= 0.3 is 18.5 Å². The SMILES string of the molecule is C#CC(F)(F)F.C=CC(F)(F)F.FC(F)CC(F)(F)F. The minimum absolute atomic E-state index is 0.0625. The molecule has 0 rings (SSSR count). The number of halogens is 11. The summed E-state index contributed by atoms with van der Waals surface area (Å²) in [6.07, 6.45) is -14.8. The largest absolute Gasteiger partial charge is 0.457 e. The van der Waals surface area contributed by atoms with E-state index in [4.69, 9.17) is 0 Å². The minimum Gasteiger partial charge on any atom is -0.210 e. The van der Waals surface area contributed by atoms with Crippen LogP contribution in [0.2, 0.25) is 0 Å². The maximum atomic E-state index is 10.8. The molecule has 0 spiro atoms. The lowest BCUT2D eigenvalue weighted by Gasteiger charge is -2.02. The summed E-state index contributed by atoms with van der Waals surface area (Å²) in [7, 11) is 0. The Kier molecular flexibility index (Phi) is 11.1. The monoisotopic (exact) mass is 324 g/mol. The van der Waals surface area contributed by atoms with Gasteiger partial charge in [0.1, 0.15) is 6.42 Å². The van der Waals surface area contributed by atoms with Crippen molar-refractivity contribution >= 4 is 0 Å². The minimum atomic E-state index is -4.73. The van der Waals surface area contributed by atoms with Crippen molar-refractivity contribution in [1.29, 1.82) is 0 Å². The van der Waals surface area contributed by atoms with Gasteiger partial charge in [0, 0.05) is 12.0 Å². The van der Waals surface area contributed by atoms with E-state index in [1.165, 1.54) is 0 Å². The van der Waals surface area contributed by atoms with E-state index in [1.807, 2.05) is 0 Å². The van der Waals surface area contributed by atoms with Crippen molar-refractivity contribution in [2.24, 2.45) is 0 Å². The summed E-state index contributed by atoms with van der Waals surface area (Å²) in [5, 5.41) is 0. The van der Waals surface area contributed by atoms with Crippen LogP contribution in [0.25, 0.3) is 0 Å². The van der Waals surface area contributed by atoms with Crippen molar-refractivity contribution in [2.45, 2.75) is 31.4 Å². The number of hydrogen-bond acceptors (Lipinski definition) is 0. The van der Waals surface area contributed by atoms with Gasteiger partial charge in [-0.15, -0.1) is 6.42 Å². The van der Waals surface area contributed by atoms with Gasteiger partial charge in [0.15, 0.2) is 0 Å². The molecule has 0 fully saturated rings. The molecule has 0 aliphatic heterocycles. The molecule has 0 bridgehead atoms. The molecule has 0 aromatic rings. The highest BCUT2D eigenvalue weighted by atomic mass is 19.4. The fraction of sp³-hybridized carbons (Fsp3) is 0.556. The maximum absolute atomic E-state index is 10.8. The van der Waals surface area contributed by atoms with Crippen molar-refractivity contribution in [3.63, 3.8) is 0 Å². The summed E-state index contributed by atoms with van der Waals surface area (Å²) in [5.74, 6) is 0.604. The Bertz CT molecular complexity index is 285. The van der Waals surface area contributed by atoms with Crippen LogP contribution in [0, 0.1) is 12.3 Å². The van der Waals surface area contributed by atoms with Crippen LogP contribution in [0.15, 0.2) is 12.7 Å². The molecule has 120 valence electrons. The fourth-order valence-corrected chi connectivity index (χ4v) is 0.175. The van der Waals surface area contributed by atoms with Crippen molar-refractivity contribution in [3.05, 3.63) is 12.7 Å². The third-order valence-corrected chi connectivity index (χ3v) is 0.781. The van der Waals surface area contributed by atoms with E-state index in [-0.39, 0.29) is 6.08 Å². The Morgan fingerprint density at radius 2 is 1.20 bits per heavy atom. The number of rotatable bonds is 1. The normalized spacial score (nSPS) is 11.6. The maximum Gasteiger partial charge on any atom is 0.457 e. The molecule has 0 N–H and O–H groups in total. The Morgan fingerprint density at radius 3 is 1.20 bits per heavy atom. The predicted octanol–water partition coefficient (Wildman–Crippen LogP) is 5.12. The predicted molar refractivity (Wildman–Crippen MR) is 47.8 cm³/mol. The first-order valence-electron chi connectivity index (χ1n) is 4.13. The summed E-state index contributed by atoms with van der Waals surface area (Å²) >= 11 is 0. The van der Waals surface area contributed by atoms with Gasteiger partial charge in [0.2, 0.25) is 6.43 Å². The highest BCUT2D eigenvalue weighted by Crippen LogP contribution is 2.23. The van der Waals surface area contributed by atoms with E-state index >= 15 is 0 Å². The fourth-order valence-electron chi connectivity index (χ4n) is 0.175. The van der Waals surface area contributed by atoms with Crippen LogP contribution in [0.4, 0.5) is 48.3 Å². The van der Waals surface area contributed by atoms with Crippen LogP contribution in [-0.4, -0.2) is 25.0 Å². The summed E-state index contributed by atoms with van der Waals surface area (Å²) in [5.41, 5.74) is 0. The van der Waals surface area contributed by atoms with E-state index in [0.717, 1.165) is 0 Å². The molecule has 0 atom stereocenters. The molecule has 0 unspecified atom stereocenters. The molecule has 0 aliphatic rings. The molecule has 0 saturated heterocycles. The quantitative estimate of drug-likeness (QED) is 0.357. The zero-order valence-corrected chi connectivity index (χ0v) is 9.30. The zero-order valence-electron chi connectivity index (χ0n) is 9.30. The Morgan fingerprint density at radius 1 is 0.950 bits per heavy atom. The van der Waals surface area contributed by atoms with Crippen molar-refractivity contribution in [3.8, 4) is 12.3 Å². The van der Waals surface area contributed by atoms with Crippen LogP contribution < -0.4 is 0 Å². The van der Waals surface area contributed by atoms with Crippen LogP contribution in [-0.2, 0) is 0 Å². The van der Waals surface area contributed by atoms with E-state index in [0.29, 0.717) is 5.92 Å². The van der Waals surface area contributed by atoms with Crippen molar-refractivity contribution < 1.29 is 48.3 Å². The van der Waals surface area contributed by atoms with Crippen molar-refractivity contribution in [1.82, 2.24) is 0 Å². The molecule has 0 aromatic carbocycles. The highest BCUT2D eigenvalue weighted by molar-refractivity contribution is 4.92. The second-order valence-corrected chi connectivity index (χ2v) is 2.60. The highest BCUT2D eigenvalue weighted by Gasteiger charge is 2.31. The molecule has 0 nitrogen and oxygen atoms in total. The molecule has 0 radical (unpaired) electrons. The number of allylic oxidation sites excluding steroid dienone is 1. The van der Waals surface area contributed by atoms with Crippen LogP contribution in [0.3, 0.4) is 0 Å². The number of hydrogen-bond donors (Lipinski definition) is 0. The van der Waals surface area contributed by atoms with Gasteiger partial charge in [-0.2, -0.15) is 39.5 Å². The Labute approximate surface area is 106 Å². The van der Waals surface area contributed by atoms with Gasteiger partial charge in [0.05, 0.1) is 0 Å². The van der Waals surface area contributed by atoms with Crippen LogP contribution >= 0.6 is 0 Å². The molecule has 0 aromatic heterocycles. The van der Waals surface area contributed by atoms with Gasteiger partial charge in [-0.3, -0.25) is 0 Å². The average molecular weight is 324 g/mol. The third-order valence-electron chi connectivity index (χ3n) is 0.781. The molecule has 0 amide bonds. The lowest BCUT2D eigenvalue weighted by molar-refractivity contribution is -0.158. The lowest BCUT2D eigenvalue weighted by atomic mass is 10.4. The van der Waals surface area contributed by atoms with E-state index in [9.17, 15) is 48.3 Å². The van der Waals surface area contributed by atoms with Crippen molar-refractivity contribution in [2.75, 3.05) is 0 Å². The first kappa shape index (κ1) is 23.6. The lowest BCUT2D eigenvalue weighted by Crippen LogP contribution is -2.12. The van der Waals surface area contributed by atoms with Gasteiger partial charge in [-0.05, 0) is 0 Å². The van der Waals surface area contributed by atoms with Crippen LogP contribution in [0.5, 0.6) is 0 Å². The Balaban J connectivity index is -0.000000221. The molecule has 20 heavy (non-hydrogen) atoms. The second kappa shape index (κ2) is 9.44. The molecule has 0 aliphatic carbocycles. The standard InChI is InChI=1S/C3H3F5.C3H3F3.C3HF3/c4-2(5)1-3(6,7)8;2*1-2-3(4,5)6/h2H,1H2;2H,1H2;1H. The topological polar surface area (TPSA) is 0 Å². The summed E-state index contributed by atoms with van der Waals surface area (Å²) in [6.45, 7) is 2.51. The number of alkyl halides is 11.